The third-order valence-electron chi connectivity index (χ3n) is 6.18. The van der Waals surface area contributed by atoms with Crippen LogP contribution >= 0.6 is 24.0 Å². The summed E-state index contributed by atoms with van der Waals surface area (Å²) in [5, 5.41) is 7.06. The Balaban J connectivity index is 0.00000300. The lowest BCUT2D eigenvalue weighted by Crippen LogP contribution is -2.49. The van der Waals surface area contributed by atoms with E-state index >= 15 is 0 Å². The Hall–Kier alpha value is -0.930. The first-order valence-electron chi connectivity index (χ1n) is 10.8. The Bertz CT molecular complexity index is 610. The first-order valence-corrected chi connectivity index (χ1v) is 10.8. The van der Waals surface area contributed by atoms with E-state index in [1.54, 1.807) is 12.1 Å². The zero-order valence-corrected chi connectivity index (χ0v) is 20.2. The van der Waals surface area contributed by atoms with Crippen molar-refractivity contribution >= 4 is 29.9 Å². The van der Waals surface area contributed by atoms with E-state index < -0.39 is 0 Å². The molecule has 0 amide bonds. The lowest BCUT2D eigenvalue weighted by atomic mass is 10.0. The minimum Gasteiger partial charge on any atom is -0.355 e. The SMILES string of the molecule is CN=C(NCCN(C)C1CCCC1)NC1CCN(Cc2ccc(F)cc2)CC1.I. The van der Waals surface area contributed by atoms with Crippen molar-refractivity contribution in [1.29, 1.82) is 0 Å². The lowest BCUT2D eigenvalue weighted by Gasteiger charge is -2.33. The van der Waals surface area contributed by atoms with Crippen LogP contribution in [0.1, 0.15) is 44.1 Å². The predicted molar refractivity (Wildman–Crippen MR) is 129 cm³/mol. The number of nitrogens with zero attached hydrogens (tertiary/aromatic N) is 3. The largest absolute Gasteiger partial charge is 0.355 e. The summed E-state index contributed by atoms with van der Waals surface area (Å²) < 4.78 is 13.0. The van der Waals surface area contributed by atoms with E-state index in [2.05, 4.69) is 32.5 Å². The van der Waals surface area contributed by atoms with Gasteiger partial charge in [-0.2, -0.15) is 0 Å². The highest BCUT2D eigenvalue weighted by atomic mass is 127. The van der Waals surface area contributed by atoms with Crippen LogP contribution in [0.2, 0.25) is 0 Å². The molecule has 2 N–H and O–H groups in total. The molecule has 1 aromatic rings. The van der Waals surface area contributed by atoms with E-state index in [1.807, 2.05) is 19.2 Å². The topological polar surface area (TPSA) is 42.9 Å². The van der Waals surface area contributed by atoms with Crippen molar-refractivity contribution in [2.75, 3.05) is 40.3 Å². The second kappa shape index (κ2) is 12.7. The van der Waals surface area contributed by atoms with Gasteiger partial charge < -0.3 is 15.5 Å². The van der Waals surface area contributed by atoms with Gasteiger partial charge in [-0.1, -0.05) is 25.0 Å². The Labute approximate surface area is 192 Å². The maximum atomic E-state index is 13.0. The van der Waals surface area contributed by atoms with Crippen molar-refractivity contribution < 1.29 is 4.39 Å². The molecule has 1 saturated carbocycles. The standard InChI is InChI=1S/C22H36FN5.HI/c1-24-22(25-13-16-27(2)21-5-3-4-6-21)26-20-11-14-28(15-12-20)17-18-7-9-19(23)10-8-18;/h7-10,20-21H,3-6,11-17H2,1-2H3,(H2,24,25,26);1H. The zero-order valence-electron chi connectivity index (χ0n) is 17.9. The number of guanidine groups is 1. The van der Waals surface area contributed by atoms with E-state index in [9.17, 15) is 4.39 Å². The highest BCUT2D eigenvalue weighted by Crippen LogP contribution is 2.21. The summed E-state index contributed by atoms with van der Waals surface area (Å²) in [7, 11) is 4.09. The second-order valence-corrected chi connectivity index (χ2v) is 8.24. The molecular formula is C22H37FIN5. The van der Waals surface area contributed by atoms with Crippen molar-refractivity contribution in [2.24, 2.45) is 4.99 Å². The summed E-state index contributed by atoms with van der Waals surface area (Å²) in [6.45, 7) is 4.98. The molecule has 0 unspecified atom stereocenters. The fourth-order valence-electron chi connectivity index (χ4n) is 4.35. The second-order valence-electron chi connectivity index (χ2n) is 8.24. The Kier molecular flexibility index (Phi) is 10.7. The highest BCUT2D eigenvalue weighted by Gasteiger charge is 2.21. The Morgan fingerprint density at radius 1 is 1.14 bits per heavy atom. The summed E-state index contributed by atoms with van der Waals surface area (Å²) in [6.07, 6.45) is 7.66. The van der Waals surface area contributed by atoms with Crippen molar-refractivity contribution in [3.63, 3.8) is 0 Å². The van der Waals surface area contributed by atoms with Crippen LogP contribution in [0.15, 0.2) is 29.3 Å². The van der Waals surface area contributed by atoms with Crippen LogP contribution in [0.3, 0.4) is 0 Å². The Morgan fingerprint density at radius 2 is 1.79 bits per heavy atom. The van der Waals surface area contributed by atoms with Gasteiger partial charge in [0.05, 0.1) is 0 Å². The molecule has 5 nitrogen and oxygen atoms in total. The maximum absolute atomic E-state index is 13.0. The molecule has 2 fully saturated rings. The number of rotatable bonds is 7. The number of benzene rings is 1. The molecule has 3 rings (SSSR count). The van der Waals surface area contributed by atoms with Crippen LogP contribution in [0.4, 0.5) is 4.39 Å². The fraction of sp³-hybridized carbons (Fsp3) is 0.682. The van der Waals surface area contributed by atoms with Crippen molar-refractivity contribution in [2.45, 2.75) is 57.2 Å². The van der Waals surface area contributed by atoms with Gasteiger partial charge in [0.2, 0.25) is 0 Å². The summed E-state index contributed by atoms with van der Waals surface area (Å²) in [4.78, 5) is 9.33. The number of hydrogen-bond acceptors (Lipinski definition) is 3. The normalized spacial score (nSPS) is 19.4. The van der Waals surface area contributed by atoms with Crippen LogP contribution in [0, 0.1) is 5.82 Å². The molecule has 1 aromatic carbocycles. The number of nitrogens with one attached hydrogen (secondary N) is 2. The number of hydrogen-bond donors (Lipinski definition) is 2. The minimum atomic E-state index is -0.167. The van der Waals surface area contributed by atoms with Crippen LogP contribution in [-0.4, -0.2) is 68.1 Å². The van der Waals surface area contributed by atoms with Gasteiger partial charge in [-0.3, -0.25) is 9.89 Å². The smallest absolute Gasteiger partial charge is 0.191 e. The lowest BCUT2D eigenvalue weighted by molar-refractivity contribution is 0.198. The van der Waals surface area contributed by atoms with Crippen molar-refractivity contribution in [3.05, 3.63) is 35.6 Å². The Morgan fingerprint density at radius 3 is 2.41 bits per heavy atom. The van der Waals surface area contributed by atoms with Gasteiger partial charge in [-0.25, -0.2) is 4.39 Å². The van der Waals surface area contributed by atoms with Crippen molar-refractivity contribution in [3.8, 4) is 0 Å². The molecule has 29 heavy (non-hydrogen) atoms. The van der Waals surface area contributed by atoms with Gasteiger partial charge in [0.1, 0.15) is 5.82 Å². The molecule has 0 bridgehead atoms. The van der Waals surface area contributed by atoms with Crippen LogP contribution in [0.25, 0.3) is 0 Å². The molecule has 0 aromatic heterocycles. The zero-order chi connectivity index (χ0) is 19.8. The number of aliphatic imine (C=N–C) groups is 1. The molecule has 1 saturated heterocycles. The van der Waals surface area contributed by atoms with Gasteiger partial charge in [0.15, 0.2) is 5.96 Å². The van der Waals surface area contributed by atoms with Gasteiger partial charge in [0, 0.05) is 51.9 Å². The van der Waals surface area contributed by atoms with Gasteiger partial charge in [0.25, 0.3) is 0 Å². The summed E-state index contributed by atoms with van der Waals surface area (Å²) in [5.74, 6) is 0.747. The summed E-state index contributed by atoms with van der Waals surface area (Å²) in [6, 6.07) is 8.08. The quantitative estimate of drug-likeness (QED) is 0.331. The molecule has 1 aliphatic heterocycles. The third kappa shape index (κ3) is 8.02. The van der Waals surface area contributed by atoms with E-state index in [1.165, 1.54) is 31.2 Å². The monoisotopic (exact) mass is 517 g/mol. The molecule has 1 aliphatic carbocycles. The number of likely N-dealkylation sites (N-methyl/N-ethyl adjacent to an activating group) is 1. The average Bonchev–Trinajstić information content (AvgIpc) is 3.25. The van der Waals surface area contributed by atoms with Crippen LogP contribution < -0.4 is 10.6 Å². The number of halogens is 2. The molecular weight excluding hydrogens is 480 g/mol. The first-order chi connectivity index (χ1) is 13.6. The van der Waals surface area contributed by atoms with Gasteiger partial charge in [-0.05, 0) is 50.4 Å². The summed E-state index contributed by atoms with van der Waals surface area (Å²) in [5.41, 5.74) is 1.18. The molecule has 1 heterocycles. The fourth-order valence-corrected chi connectivity index (χ4v) is 4.35. The molecule has 0 spiro atoms. The van der Waals surface area contributed by atoms with Crippen molar-refractivity contribution in [1.82, 2.24) is 20.4 Å². The van der Waals surface area contributed by atoms with Crippen LogP contribution in [-0.2, 0) is 6.54 Å². The van der Waals surface area contributed by atoms with E-state index in [4.69, 9.17) is 0 Å². The maximum Gasteiger partial charge on any atom is 0.191 e. The average molecular weight is 517 g/mol. The molecule has 0 radical (unpaired) electrons. The van der Waals surface area contributed by atoms with E-state index in [0.717, 1.165) is 57.6 Å². The molecule has 7 heteroatoms. The van der Waals surface area contributed by atoms with E-state index in [0.29, 0.717) is 6.04 Å². The third-order valence-corrected chi connectivity index (χ3v) is 6.18. The van der Waals surface area contributed by atoms with Gasteiger partial charge >= 0.3 is 0 Å². The number of piperidine rings is 1. The number of likely N-dealkylation sites (tertiary alicyclic amines) is 1. The highest BCUT2D eigenvalue weighted by molar-refractivity contribution is 14.0. The molecule has 164 valence electrons. The molecule has 2 aliphatic rings. The predicted octanol–water partition coefficient (Wildman–Crippen LogP) is 3.45. The minimum absolute atomic E-state index is 0. The first kappa shape index (κ1) is 24.3. The van der Waals surface area contributed by atoms with Gasteiger partial charge in [-0.15, -0.1) is 24.0 Å². The summed E-state index contributed by atoms with van der Waals surface area (Å²) >= 11 is 0. The molecule has 0 atom stereocenters. The van der Waals surface area contributed by atoms with E-state index in [-0.39, 0.29) is 29.8 Å². The van der Waals surface area contributed by atoms with Crippen LogP contribution in [0.5, 0.6) is 0 Å².